The molecular weight excluding hydrogens is 456 g/mol. The lowest BCUT2D eigenvalue weighted by Crippen LogP contribution is -2.44. The van der Waals surface area contributed by atoms with Crippen molar-refractivity contribution < 1.29 is 14.2 Å². The molecule has 224 valence electrons. The fourth-order valence-electron chi connectivity index (χ4n) is 5.89. The van der Waals surface area contributed by atoms with Crippen LogP contribution in [0.5, 0.6) is 0 Å². The first kappa shape index (κ1) is 36.9. The smallest absolute Gasteiger partial charge is 0.285 e. The van der Waals surface area contributed by atoms with Gasteiger partial charge in [0.15, 0.2) is 0 Å². The molecule has 3 nitrogen and oxygen atoms in total. The van der Waals surface area contributed by atoms with E-state index in [0.29, 0.717) is 5.92 Å². The molecule has 0 aromatic rings. The Kier molecular flexibility index (Phi) is 28.8. The minimum Gasteiger partial charge on any atom is -0.331 e. The summed E-state index contributed by atoms with van der Waals surface area (Å²) >= 11 is 0. The maximum absolute atomic E-state index is 5.74. The first-order chi connectivity index (χ1) is 18.2. The Morgan fingerprint density at radius 1 is 0.351 bits per heavy atom. The van der Waals surface area contributed by atoms with Crippen molar-refractivity contribution in [2.75, 3.05) is 21.3 Å². The third kappa shape index (κ3) is 21.4. The second kappa shape index (κ2) is 28.9. The molecule has 0 aliphatic heterocycles. The highest BCUT2D eigenvalue weighted by Gasteiger charge is 2.39. The van der Waals surface area contributed by atoms with Gasteiger partial charge in [-0.05, 0) is 12.8 Å². The van der Waals surface area contributed by atoms with E-state index in [4.69, 9.17) is 14.2 Å². The average molecular weight is 527 g/mol. The van der Waals surface area contributed by atoms with Crippen molar-refractivity contribution in [3.05, 3.63) is 0 Å². The fourth-order valence-corrected chi connectivity index (χ4v) is 5.89. The summed E-state index contributed by atoms with van der Waals surface area (Å²) in [6.07, 6.45) is 37.2. The molecule has 0 aliphatic carbocycles. The van der Waals surface area contributed by atoms with Crippen LogP contribution < -0.4 is 0 Å². The van der Waals surface area contributed by atoms with Gasteiger partial charge in [0.1, 0.15) is 0 Å². The van der Waals surface area contributed by atoms with Gasteiger partial charge in [0.05, 0.1) is 0 Å². The molecule has 0 aromatic carbocycles. The number of methoxy groups -OCH3 is 3. The first-order valence-corrected chi connectivity index (χ1v) is 16.9. The standard InChI is InChI=1S/C34H70O3/c1-6-8-10-12-14-15-16-17-18-19-20-21-22-23-24-25-26-28-30-32-33(34(35-3,36-4)37-5)31-29-27-13-11-9-7-2/h33H,6-32H2,1-5H3. The van der Waals surface area contributed by atoms with Gasteiger partial charge >= 0.3 is 0 Å². The zero-order chi connectivity index (χ0) is 27.3. The molecule has 1 atom stereocenters. The molecule has 0 aliphatic rings. The van der Waals surface area contributed by atoms with Crippen LogP contribution in [-0.2, 0) is 14.2 Å². The van der Waals surface area contributed by atoms with Gasteiger partial charge in [0.25, 0.3) is 5.97 Å². The van der Waals surface area contributed by atoms with Gasteiger partial charge in [-0.25, -0.2) is 0 Å². The van der Waals surface area contributed by atoms with E-state index in [1.165, 1.54) is 161 Å². The number of rotatable bonds is 31. The van der Waals surface area contributed by atoms with Gasteiger partial charge < -0.3 is 14.2 Å². The van der Waals surface area contributed by atoms with Crippen LogP contribution in [0.1, 0.15) is 187 Å². The van der Waals surface area contributed by atoms with Gasteiger partial charge in [-0.2, -0.15) is 0 Å². The molecule has 0 aromatic heterocycles. The zero-order valence-electron chi connectivity index (χ0n) is 26.4. The van der Waals surface area contributed by atoms with Crippen LogP contribution in [0, 0.1) is 5.92 Å². The number of hydrogen-bond donors (Lipinski definition) is 0. The highest BCUT2D eigenvalue weighted by atomic mass is 16.9. The van der Waals surface area contributed by atoms with E-state index in [-0.39, 0.29) is 0 Å². The van der Waals surface area contributed by atoms with Crippen molar-refractivity contribution >= 4 is 0 Å². The molecule has 0 rings (SSSR count). The van der Waals surface area contributed by atoms with E-state index in [1.807, 2.05) is 0 Å². The van der Waals surface area contributed by atoms with Crippen LogP contribution in [0.4, 0.5) is 0 Å². The fraction of sp³-hybridized carbons (Fsp3) is 1.00. The summed E-state index contributed by atoms with van der Waals surface area (Å²) in [5, 5.41) is 0. The van der Waals surface area contributed by atoms with Crippen molar-refractivity contribution in [3.63, 3.8) is 0 Å². The number of hydrogen-bond acceptors (Lipinski definition) is 3. The lowest BCUT2D eigenvalue weighted by molar-refractivity contribution is -0.380. The SMILES string of the molecule is CCCCCCCCCCCCCCCCCCCCCC(CCCCCCCC)C(OC)(OC)OC. The molecule has 0 amide bonds. The minimum absolute atomic E-state index is 0.310. The first-order valence-electron chi connectivity index (χ1n) is 16.9. The van der Waals surface area contributed by atoms with E-state index in [9.17, 15) is 0 Å². The third-order valence-electron chi connectivity index (χ3n) is 8.42. The zero-order valence-corrected chi connectivity index (χ0v) is 26.4. The molecular formula is C34H70O3. The second-order valence-electron chi connectivity index (χ2n) is 11.6. The van der Waals surface area contributed by atoms with Gasteiger partial charge in [-0.1, -0.05) is 174 Å². The van der Waals surface area contributed by atoms with E-state index >= 15 is 0 Å². The molecule has 0 saturated heterocycles. The normalized spacial score (nSPS) is 12.9. The summed E-state index contributed by atoms with van der Waals surface area (Å²) < 4.78 is 17.2. The Hall–Kier alpha value is -0.120. The van der Waals surface area contributed by atoms with Crippen LogP contribution in [-0.4, -0.2) is 27.3 Å². The Balaban J connectivity index is 3.72. The topological polar surface area (TPSA) is 27.7 Å². The molecule has 0 heterocycles. The Labute approximate surface area is 234 Å². The van der Waals surface area contributed by atoms with Gasteiger partial charge in [0.2, 0.25) is 0 Å². The number of unbranched alkanes of at least 4 members (excludes halogenated alkanes) is 23. The lowest BCUT2D eigenvalue weighted by Gasteiger charge is -2.36. The quantitative estimate of drug-likeness (QED) is 0.0664. The summed E-state index contributed by atoms with van der Waals surface area (Å²) in [5.74, 6) is -0.568. The van der Waals surface area contributed by atoms with E-state index in [2.05, 4.69) is 13.8 Å². The van der Waals surface area contributed by atoms with Crippen molar-refractivity contribution in [2.45, 2.75) is 193 Å². The molecule has 0 N–H and O–H groups in total. The van der Waals surface area contributed by atoms with Gasteiger partial charge in [0, 0.05) is 27.2 Å². The summed E-state index contributed by atoms with van der Waals surface area (Å²) in [4.78, 5) is 0. The Morgan fingerprint density at radius 3 is 0.784 bits per heavy atom. The average Bonchev–Trinajstić information content (AvgIpc) is 2.92. The predicted octanol–water partition coefficient (Wildman–Crippen LogP) is 11.8. The molecule has 0 bridgehead atoms. The van der Waals surface area contributed by atoms with Crippen LogP contribution >= 0.6 is 0 Å². The van der Waals surface area contributed by atoms with E-state index < -0.39 is 5.97 Å². The van der Waals surface area contributed by atoms with Crippen LogP contribution in [0.15, 0.2) is 0 Å². The van der Waals surface area contributed by atoms with Crippen molar-refractivity contribution in [1.82, 2.24) is 0 Å². The van der Waals surface area contributed by atoms with E-state index in [0.717, 1.165) is 12.8 Å². The highest BCUT2D eigenvalue weighted by molar-refractivity contribution is 4.72. The summed E-state index contributed by atoms with van der Waals surface area (Å²) in [7, 11) is 5.16. The molecule has 3 heteroatoms. The maximum atomic E-state index is 5.74. The van der Waals surface area contributed by atoms with E-state index in [1.54, 1.807) is 21.3 Å². The maximum Gasteiger partial charge on any atom is 0.285 e. The number of ether oxygens (including phenoxy) is 3. The summed E-state index contributed by atoms with van der Waals surface area (Å²) in [5.41, 5.74) is 0. The third-order valence-corrected chi connectivity index (χ3v) is 8.42. The van der Waals surface area contributed by atoms with Crippen molar-refractivity contribution in [3.8, 4) is 0 Å². The second-order valence-corrected chi connectivity index (χ2v) is 11.6. The summed E-state index contributed by atoms with van der Waals surface area (Å²) in [6, 6.07) is 0. The molecule has 1 unspecified atom stereocenters. The molecule has 0 spiro atoms. The van der Waals surface area contributed by atoms with Crippen LogP contribution in [0.3, 0.4) is 0 Å². The molecule has 0 radical (unpaired) electrons. The Bertz CT molecular complexity index is 413. The molecule has 0 fully saturated rings. The predicted molar refractivity (Wildman–Crippen MR) is 163 cm³/mol. The molecule has 37 heavy (non-hydrogen) atoms. The van der Waals surface area contributed by atoms with Crippen molar-refractivity contribution in [2.24, 2.45) is 5.92 Å². The summed E-state index contributed by atoms with van der Waals surface area (Å²) in [6.45, 7) is 4.58. The highest BCUT2D eigenvalue weighted by Crippen LogP contribution is 2.33. The molecule has 0 saturated carbocycles. The lowest BCUT2D eigenvalue weighted by atomic mass is 9.91. The van der Waals surface area contributed by atoms with Crippen LogP contribution in [0.2, 0.25) is 0 Å². The minimum atomic E-state index is -0.877. The van der Waals surface area contributed by atoms with Gasteiger partial charge in [-0.15, -0.1) is 0 Å². The van der Waals surface area contributed by atoms with Crippen molar-refractivity contribution in [1.29, 1.82) is 0 Å². The largest absolute Gasteiger partial charge is 0.331 e. The van der Waals surface area contributed by atoms with Gasteiger partial charge in [-0.3, -0.25) is 0 Å². The Morgan fingerprint density at radius 2 is 0.568 bits per heavy atom. The monoisotopic (exact) mass is 527 g/mol. The van der Waals surface area contributed by atoms with Crippen LogP contribution in [0.25, 0.3) is 0 Å².